The van der Waals surface area contributed by atoms with E-state index in [1.807, 2.05) is 6.92 Å². The molecule has 0 saturated carbocycles. The van der Waals surface area contributed by atoms with Crippen molar-refractivity contribution in [2.45, 2.75) is 18.7 Å². The number of hydrogen-bond donors (Lipinski definition) is 1. The standard InChI is InChI=1S/C13H13ClNO2.Y/c1-8-7-9(16)3-4-10(8)12-6-5-11(14)13(17)15(12)2;/h3-4,7,11,16H,5H2,1-2H3;/q-1;. The Hall–Kier alpha value is -0.376. The second-order valence-corrected chi connectivity index (χ2v) is 4.62. The minimum Gasteiger partial charge on any atom is -0.508 e. The van der Waals surface area contributed by atoms with Crippen LogP contribution in [-0.2, 0) is 37.5 Å². The second-order valence-electron chi connectivity index (χ2n) is 4.09. The molecule has 5 heteroatoms. The van der Waals surface area contributed by atoms with Crippen molar-refractivity contribution < 1.29 is 42.6 Å². The first-order valence-electron chi connectivity index (χ1n) is 5.33. The maximum atomic E-state index is 11.8. The van der Waals surface area contributed by atoms with E-state index < -0.39 is 5.38 Å². The van der Waals surface area contributed by atoms with Crippen LogP contribution in [0.4, 0.5) is 0 Å². The Balaban J connectivity index is 0.00000162. The molecule has 1 amide bonds. The third kappa shape index (κ3) is 2.96. The molecule has 1 atom stereocenters. The fourth-order valence-electron chi connectivity index (χ4n) is 1.90. The summed E-state index contributed by atoms with van der Waals surface area (Å²) in [6.07, 6.45) is 3.55. The van der Waals surface area contributed by atoms with E-state index in [2.05, 4.69) is 6.08 Å². The van der Waals surface area contributed by atoms with Gasteiger partial charge >= 0.3 is 0 Å². The van der Waals surface area contributed by atoms with E-state index >= 15 is 0 Å². The number of aromatic hydroxyl groups is 1. The molecular weight excluding hydrogens is 327 g/mol. The van der Waals surface area contributed by atoms with Crippen LogP contribution in [0.5, 0.6) is 5.75 Å². The second kappa shape index (κ2) is 6.18. The largest absolute Gasteiger partial charge is 0.508 e. The molecule has 1 N–H and O–H groups in total. The number of carbonyl (C=O) groups excluding carboxylic acids is 1. The minimum atomic E-state index is -0.527. The molecule has 2 rings (SSSR count). The first-order valence-corrected chi connectivity index (χ1v) is 5.77. The Bertz CT molecular complexity index is 502. The van der Waals surface area contributed by atoms with Gasteiger partial charge in [-0.15, -0.1) is 34.5 Å². The van der Waals surface area contributed by atoms with Crippen molar-refractivity contribution in [1.29, 1.82) is 0 Å². The van der Waals surface area contributed by atoms with Crippen molar-refractivity contribution >= 4 is 23.2 Å². The zero-order chi connectivity index (χ0) is 12.6. The van der Waals surface area contributed by atoms with Crippen LogP contribution in [0.25, 0.3) is 5.70 Å². The average Bonchev–Trinajstić information content (AvgIpc) is 2.28. The normalized spacial score (nSPS) is 19.3. The number of allylic oxidation sites excluding steroid dienone is 1. The van der Waals surface area contributed by atoms with E-state index in [9.17, 15) is 9.90 Å². The van der Waals surface area contributed by atoms with Crippen molar-refractivity contribution in [3.05, 3.63) is 35.4 Å². The van der Waals surface area contributed by atoms with Crippen molar-refractivity contribution in [2.75, 3.05) is 7.05 Å². The quantitative estimate of drug-likeness (QED) is 0.630. The molecule has 3 nitrogen and oxygen atoms in total. The smallest absolute Gasteiger partial charge is 0.240 e. The summed E-state index contributed by atoms with van der Waals surface area (Å²) in [7, 11) is 1.69. The number of aryl methyl sites for hydroxylation is 1. The molecule has 1 heterocycles. The van der Waals surface area contributed by atoms with Crippen molar-refractivity contribution in [3.63, 3.8) is 0 Å². The molecule has 1 aromatic carbocycles. The summed E-state index contributed by atoms with van der Waals surface area (Å²) in [6.45, 7) is 1.88. The SMILES string of the molecule is Cc1cc(O)ccc1C1=[C-]CC(Cl)C(=O)N1C.[Y]. The van der Waals surface area contributed by atoms with Crippen LogP contribution < -0.4 is 0 Å². The number of alkyl halides is 1. The minimum absolute atomic E-state index is 0. The molecule has 1 unspecified atom stereocenters. The van der Waals surface area contributed by atoms with E-state index in [4.69, 9.17) is 11.6 Å². The van der Waals surface area contributed by atoms with Gasteiger partial charge in [0.1, 0.15) is 11.1 Å². The molecule has 1 radical (unpaired) electrons. The van der Waals surface area contributed by atoms with Crippen molar-refractivity contribution in [1.82, 2.24) is 4.90 Å². The van der Waals surface area contributed by atoms with E-state index in [-0.39, 0.29) is 44.4 Å². The fourth-order valence-corrected chi connectivity index (χ4v) is 2.13. The number of carbonyl (C=O) groups is 1. The zero-order valence-electron chi connectivity index (χ0n) is 10.3. The molecule has 18 heavy (non-hydrogen) atoms. The summed E-state index contributed by atoms with van der Waals surface area (Å²) < 4.78 is 0. The Morgan fingerprint density at radius 1 is 1.50 bits per heavy atom. The Morgan fingerprint density at radius 2 is 2.17 bits per heavy atom. The summed E-state index contributed by atoms with van der Waals surface area (Å²) >= 11 is 5.87. The van der Waals surface area contributed by atoms with Crippen LogP contribution in [0.1, 0.15) is 17.5 Å². The van der Waals surface area contributed by atoms with Crippen molar-refractivity contribution in [3.8, 4) is 5.75 Å². The molecule has 0 saturated heterocycles. The maximum Gasteiger partial charge on any atom is 0.240 e. The molecule has 1 aliphatic heterocycles. The Kier molecular flexibility index (Phi) is 5.38. The number of halogens is 1. The van der Waals surface area contributed by atoms with Crippen LogP contribution in [0, 0.1) is 13.0 Å². The molecule has 0 aliphatic carbocycles. The number of hydrogen-bond acceptors (Lipinski definition) is 2. The van der Waals surface area contributed by atoms with E-state index in [0.717, 1.165) is 16.8 Å². The molecule has 1 aliphatic rings. The van der Waals surface area contributed by atoms with Gasteiger partial charge in [-0.3, -0.25) is 4.79 Å². The number of amides is 1. The van der Waals surface area contributed by atoms with Gasteiger partial charge in [0, 0.05) is 39.8 Å². The van der Waals surface area contributed by atoms with Gasteiger partial charge in [-0.1, -0.05) is 13.3 Å². The van der Waals surface area contributed by atoms with Gasteiger partial charge in [0.05, 0.1) is 0 Å². The van der Waals surface area contributed by atoms with Gasteiger partial charge in [-0.05, 0) is 12.1 Å². The van der Waals surface area contributed by atoms with Crippen LogP contribution >= 0.6 is 11.6 Å². The van der Waals surface area contributed by atoms with Gasteiger partial charge in [0.2, 0.25) is 5.91 Å². The van der Waals surface area contributed by atoms with Gasteiger partial charge in [0.15, 0.2) is 0 Å². The molecule has 0 fully saturated rings. The van der Waals surface area contributed by atoms with Crippen LogP contribution in [0.15, 0.2) is 18.2 Å². The summed E-state index contributed by atoms with van der Waals surface area (Å²) in [6, 6.07) is 5.04. The average molecular weight is 340 g/mol. The van der Waals surface area contributed by atoms with Gasteiger partial charge in [0.25, 0.3) is 0 Å². The summed E-state index contributed by atoms with van der Waals surface area (Å²) in [4.78, 5) is 13.3. The van der Waals surface area contributed by atoms with Crippen LogP contribution in [0.2, 0.25) is 0 Å². The Morgan fingerprint density at radius 3 is 2.78 bits per heavy atom. The summed E-state index contributed by atoms with van der Waals surface area (Å²) in [5.74, 6) is 0.0970. The third-order valence-corrected chi connectivity index (χ3v) is 3.19. The van der Waals surface area contributed by atoms with Gasteiger partial charge in [-0.2, -0.15) is 0 Å². The van der Waals surface area contributed by atoms with Gasteiger partial charge < -0.3 is 10.0 Å². The number of phenols is 1. The first-order chi connectivity index (χ1) is 8.00. The van der Waals surface area contributed by atoms with Crippen LogP contribution in [0.3, 0.4) is 0 Å². The predicted octanol–water partition coefficient (Wildman–Crippen LogP) is 2.31. The molecule has 0 bridgehead atoms. The molecule has 1 aromatic rings. The van der Waals surface area contributed by atoms with Gasteiger partial charge in [-0.25, -0.2) is 6.08 Å². The van der Waals surface area contributed by atoms with Crippen molar-refractivity contribution in [2.24, 2.45) is 0 Å². The topological polar surface area (TPSA) is 40.5 Å². The number of nitrogens with zero attached hydrogens (tertiary/aromatic N) is 1. The molecule has 93 valence electrons. The van der Waals surface area contributed by atoms with E-state index in [0.29, 0.717) is 6.42 Å². The number of phenolic OH excluding ortho intramolecular Hbond substituents is 1. The third-order valence-electron chi connectivity index (χ3n) is 2.85. The fraction of sp³-hybridized carbons (Fsp3) is 0.308. The maximum absolute atomic E-state index is 11.8. The zero-order valence-corrected chi connectivity index (χ0v) is 13.9. The molecular formula is C13H13ClNO2Y-. The van der Waals surface area contributed by atoms with E-state index in [1.54, 1.807) is 25.2 Å². The molecule has 0 aromatic heterocycles. The summed E-state index contributed by atoms with van der Waals surface area (Å²) in [5.41, 5.74) is 2.52. The first kappa shape index (κ1) is 15.7. The monoisotopic (exact) mass is 339 g/mol. The number of benzene rings is 1. The molecule has 0 spiro atoms. The predicted molar refractivity (Wildman–Crippen MR) is 66.5 cm³/mol. The Labute approximate surface area is 137 Å². The summed E-state index contributed by atoms with van der Waals surface area (Å²) in [5, 5.41) is 8.84. The number of rotatable bonds is 1. The van der Waals surface area contributed by atoms with E-state index in [1.165, 1.54) is 4.90 Å². The van der Waals surface area contributed by atoms with Crippen LogP contribution in [-0.4, -0.2) is 28.3 Å².